The predicted molar refractivity (Wildman–Crippen MR) is 108 cm³/mol. The van der Waals surface area contributed by atoms with E-state index in [1.807, 2.05) is 0 Å². The van der Waals surface area contributed by atoms with Crippen molar-refractivity contribution < 1.29 is 22.3 Å². The van der Waals surface area contributed by atoms with Crippen LogP contribution in [0.25, 0.3) is 0 Å². The quantitative estimate of drug-likeness (QED) is 0.287. The van der Waals surface area contributed by atoms with Crippen LogP contribution in [0.1, 0.15) is 16.8 Å². The lowest BCUT2D eigenvalue weighted by atomic mass is 10.2. The Morgan fingerprint density at radius 1 is 1.36 bits per heavy atom. The summed E-state index contributed by atoms with van der Waals surface area (Å²) in [6, 6.07) is 4.56. The molecule has 0 amide bonds. The molecule has 0 spiro atoms. The largest absolute Gasteiger partial charge is 0.494 e. The second kappa shape index (κ2) is 9.94. The number of nitrogens with one attached hydrogen (secondary N) is 1. The van der Waals surface area contributed by atoms with E-state index >= 15 is 0 Å². The number of ether oxygens (including phenoxy) is 1. The molecular formula is C17H22F4IN5O. The zero-order chi connectivity index (χ0) is 20.2. The van der Waals surface area contributed by atoms with Crippen molar-refractivity contribution in [2.75, 3.05) is 21.2 Å². The summed E-state index contributed by atoms with van der Waals surface area (Å²) >= 11 is 0. The van der Waals surface area contributed by atoms with Gasteiger partial charge in [0.15, 0.2) is 23.2 Å². The van der Waals surface area contributed by atoms with Gasteiger partial charge in [0.2, 0.25) is 0 Å². The van der Waals surface area contributed by atoms with E-state index in [1.165, 1.54) is 39.5 Å². The molecule has 0 bridgehead atoms. The summed E-state index contributed by atoms with van der Waals surface area (Å²) in [7, 11) is 6.02. The van der Waals surface area contributed by atoms with Gasteiger partial charge in [-0.15, -0.1) is 24.0 Å². The number of aliphatic imine (C=N–C) groups is 1. The molecule has 0 saturated carbocycles. The first-order chi connectivity index (χ1) is 12.7. The fourth-order valence-corrected chi connectivity index (χ4v) is 2.62. The van der Waals surface area contributed by atoms with Crippen molar-refractivity contribution in [3.8, 4) is 5.75 Å². The van der Waals surface area contributed by atoms with E-state index in [4.69, 9.17) is 4.74 Å². The van der Waals surface area contributed by atoms with E-state index in [-0.39, 0.29) is 41.8 Å². The lowest BCUT2D eigenvalue weighted by Gasteiger charge is -2.22. The molecule has 0 aliphatic rings. The van der Waals surface area contributed by atoms with Crippen molar-refractivity contribution in [3.63, 3.8) is 0 Å². The third-order valence-electron chi connectivity index (χ3n) is 3.82. The Morgan fingerprint density at radius 3 is 2.57 bits per heavy atom. The van der Waals surface area contributed by atoms with Gasteiger partial charge in [-0.3, -0.25) is 9.67 Å². The number of nitrogens with zero attached hydrogens (tertiary/aromatic N) is 4. The number of benzene rings is 1. The number of aryl methyl sites for hydroxylation is 1. The van der Waals surface area contributed by atoms with E-state index in [0.717, 1.165) is 4.68 Å². The maximum atomic E-state index is 13.8. The monoisotopic (exact) mass is 515 g/mol. The number of halogens is 5. The van der Waals surface area contributed by atoms with E-state index in [2.05, 4.69) is 15.4 Å². The normalized spacial score (nSPS) is 11.8. The summed E-state index contributed by atoms with van der Waals surface area (Å²) in [5, 5.41) is 6.34. The highest BCUT2D eigenvalue weighted by Gasteiger charge is 2.36. The lowest BCUT2D eigenvalue weighted by Crippen LogP contribution is -2.38. The Hall–Kier alpha value is -2.05. The standard InChI is InChI=1S/C17H21F4N5O.HI/c1-22-16(23-8-12-10-26(3)24-15(12)17(19,20)21)25(2)9-11-5-6-14(27-4)13(18)7-11;/h5-7,10H,8-9H2,1-4H3,(H,22,23);1H. The third kappa shape index (κ3) is 5.97. The first-order valence-electron chi connectivity index (χ1n) is 7.99. The first-order valence-corrected chi connectivity index (χ1v) is 7.99. The van der Waals surface area contributed by atoms with E-state index < -0.39 is 17.7 Å². The Morgan fingerprint density at radius 2 is 2.04 bits per heavy atom. The van der Waals surface area contributed by atoms with Gasteiger partial charge in [0.25, 0.3) is 0 Å². The van der Waals surface area contributed by atoms with Gasteiger partial charge in [0.05, 0.1) is 7.11 Å². The van der Waals surface area contributed by atoms with Gasteiger partial charge in [-0.25, -0.2) is 4.39 Å². The Bertz CT molecular complexity index is 822. The summed E-state index contributed by atoms with van der Waals surface area (Å²) in [4.78, 5) is 5.73. The molecule has 0 radical (unpaired) electrons. The minimum absolute atomic E-state index is 0. The van der Waals surface area contributed by atoms with Gasteiger partial charge in [-0.2, -0.15) is 18.3 Å². The molecule has 0 fully saturated rings. The Balaban J connectivity index is 0.00000392. The zero-order valence-electron chi connectivity index (χ0n) is 15.8. The topological polar surface area (TPSA) is 54.7 Å². The number of aromatic nitrogens is 2. The van der Waals surface area contributed by atoms with Crippen molar-refractivity contribution >= 4 is 29.9 Å². The average Bonchev–Trinajstić information content (AvgIpc) is 2.97. The summed E-state index contributed by atoms with van der Waals surface area (Å²) in [5.74, 6) is 0.0138. The maximum Gasteiger partial charge on any atom is 0.435 e. The second-order valence-corrected chi connectivity index (χ2v) is 5.90. The smallest absolute Gasteiger partial charge is 0.435 e. The zero-order valence-corrected chi connectivity index (χ0v) is 18.2. The molecule has 0 saturated heterocycles. The van der Waals surface area contributed by atoms with Crippen LogP contribution in [0.15, 0.2) is 29.4 Å². The van der Waals surface area contributed by atoms with Crippen LogP contribution in [0.5, 0.6) is 5.75 Å². The summed E-state index contributed by atoms with van der Waals surface area (Å²) in [6.07, 6.45) is -3.23. The third-order valence-corrected chi connectivity index (χ3v) is 3.82. The Kier molecular flexibility index (Phi) is 8.51. The summed E-state index contributed by atoms with van der Waals surface area (Å²) < 4.78 is 58.9. The van der Waals surface area contributed by atoms with Gasteiger partial charge in [0, 0.05) is 46.0 Å². The highest BCUT2D eigenvalue weighted by Crippen LogP contribution is 2.30. The molecule has 0 atom stereocenters. The van der Waals surface area contributed by atoms with Crippen molar-refractivity contribution in [1.82, 2.24) is 20.0 Å². The fraction of sp³-hybridized carbons (Fsp3) is 0.412. The van der Waals surface area contributed by atoms with Crippen LogP contribution in [-0.4, -0.2) is 41.8 Å². The molecule has 1 N–H and O–H groups in total. The van der Waals surface area contributed by atoms with Crippen LogP contribution in [0.2, 0.25) is 0 Å². The van der Waals surface area contributed by atoms with Crippen LogP contribution >= 0.6 is 24.0 Å². The molecular weight excluding hydrogens is 493 g/mol. The van der Waals surface area contributed by atoms with Crippen LogP contribution < -0.4 is 10.1 Å². The molecule has 0 aliphatic carbocycles. The second-order valence-electron chi connectivity index (χ2n) is 5.90. The average molecular weight is 515 g/mol. The van der Waals surface area contributed by atoms with Crippen molar-refractivity contribution in [1.29, 1.82) is 0 Å². The number of guanidine groups is 1. The van der Waals surface area contributed by atoms with Gasteiger partial charge in [-0.1, -0.05) is 6.07 Å². The molecule has 2 aromatic rings. The molecule has 2 rings (SSSR count). The van der Waals surface area contributed by atoms with E-state index in [1.54, 1.807) is 18.0 Å². The molecule has 0 aliphatic heterocycles. The van der Waals surface area contributed by atoms with Gasteiger partial charge >= 0.3 is 6.18 Å². The van der Waals surface area contributed by atoms with Gasteiger partial charge in [0.1, 0.15) is 0 Å². The van der Waals surface area contributed by atoms with Crippen molar-refractivity contribution in [2.24, 2.45) is 12.0 Å². The Labute approximate surface area is 177 Å². The van der Waals surface area contributed by atoms with E-state index in [0.29, 0.717) is 18.1 Å². The number of hydrogen-bond donors (Lipinski definition) is 1. The molecule has 11 heteroatoms. The predicted octanol–water partition coefficient (Wildman–Crippen LogP) is 3.41. The molecule has 1 aromatic carbocycles. The molecule has 1 aromatic heterocycles. The van der Waals surface area contributed by atoms with E-state index in [9.17, 15) is 17.6 Å². The SMILES string of the molecule is CN=C(NCc1cn(C)nc1C(F)(F)F)N(C)Cc1ccc(OC)c(F)c1.I. The lowest BCUT2D eigenvalue weighted by molar-refractivity contribution is -0.142. The van der Waals surface area contributed by atoms with Crippen LogP contribution in [0, 0.1) is 5.82 Å². The van der Waals surface area contributed by atoms with Crippen LogP contribution in [0.3, 0.4) is 0 Å². The molecule has 0 unspecified atom stereocenters. The van der Waals surface area contributed by atoms with Crippen molar-refractivity contribution in [2.45, 2.75) is 19.3 Å². The molecule has 1 heterocycles. The van der Waals surface area contributed by atoms with Gasteiger partial charge in [-0.05, 0) is 17.7 Å². The van der Waals surface area contributed by atoms with Gasteiger partial charge < -0.3 is 15.0 Å². The summed E-state index contributed by atoms with van der Waals surface area (Å²) in [6.45, 7) is 0.205. The summed E-state index contributed by atoms with van der Waals surface area (Å²) in [5.41, 5.74) is -0.265. The molecule has 156 valence electrons. The fourth-order valence-electron chi connectivity index (χ4n) is 2.62. The first kappa shape index (κ1) is 24.0. The highest BCUT2D eigenvalue weighted by atomic mass is 127. The number of hydrogen-bond acceptors (Lipinski definition) is 3. The molecule has 28 heavy (non-hydrogen) atoms. The molecule has 6 nitrogen and oxygen atoms in total. The number of methoxy groups -OCH3 is 1. The number of alkyl halides is 3. The maximum absolute atomic E-state index is 13.8. The van der Waals surface area contributed by atoms with Crippen molar-refractivity contribution in [3.05, 3.63) is 47.0 Å². The van der Waals surface area contributed by atoms with Crippen LogP contribution in [-0.2, 0) is 26.3 Å². The van der Waals surface area contributed by atoms with Crippen LogP contribution in [0.4, 0.5) is 17.6 Å². The minimum Gasteiger partial charge on any atom is -0.494 e. The highest BCUT2D eigenvalue weighted by molar-refractivity contribution is 14.0. The minimum atomic E-state index is -4.53. The number of rotatable bonds is 5.